The van der Waals surface area contributed by atoms with Crippen molar-refractivity contribution in [3.05, 3.63) is 83.3 Å². The van der Waals surface area contributed by atoms with E-state index in [2.05, 4.69) is 29.7 Å². The number of hydrogen-bond donors (Lipinski definition) is 1. The SMILES string of the molecule is O=C1C=C[SH](Cc2ccccc2)N1Cc1ccccc1. The van der Waals surface area contributed by atoms with Crippen molar-refractivity contribution in [2.75, 3.05) is 0 Å². The molecule has 1 heterocycles. The zero-order valence-electron chi connectivity index (χ0n) is 11.1. The van der Waals surface area contributed by atoms with Crippen LogP contribution in [0.4, 0.5) is 0 Å². The van der Waals surface area contributed by atoms with Gasteiger partial charge in [0.1, 0.15) is 0 Å². The molecule has 20 heavy (non-hydrogen) atoms. The van der Waals surface area contributed by atoms with Crippen LogP contribution in [0.15, 0.2) is 72.1 Å². The lowest BCUT2D eigenvalue weighted by atomic mass is 10.2. The summed E-state index contributed by atoms with van der Waals surface area (Å²) in [6.45, 7) is 0.700. The second-order valence-electron chi connectivity index (χ2n) is 4.78. The van der Waals surface area contributed by atoms with E-state index < -0.39 is 11.1 Å². The average Bonchev–Trinajstić information content (AvgIpc) is 2.83. The maximum atomic E-state index is 12.0. The van der Waals surface area contributed by atoms with Crippen LogP contribution in [0.2, 0.25) is 0 Å². The van der Waals surface area contributed by atoms with Gasteiger partial charge in [0, 0.05) is 11.8 Å². The van der Waals surface area contributed by atoms with E-state index in [1.165, 1.54) is 11.1 Å². The molecule has 0 saturated carbocycles. The van der Waals surface area contributed by atoms with Gasteiger partial charge in [-0.25, -0.2) is 0 Å². The molecule has 1 aliphatic rings. The molecule has 0 radical (unpaired) electrons. The molecular weight excluding hydrogens is 266 g/mol. The van der Waals surface area contributed by atoms with Gasteiger partial charge in [-0.15, -0.1) is 0 Å². The zero-order chi connectivity index (χ0) is 13.8. The molecule has 2 aromatic rings. The lowest BCUT2D eigenvalue weighted by molar-refractivity contribution is -0.121. The molecule has 2 nitrogen and oxygen atoms in total. The number of benzene rings is 2. The Balaban J connectivity index is 1.73. The quantitative estimate of drug-likeness (QED) is 0.849. The van der Waals surface area contributed by atoms with E-state index in [4.69, 9.17) is 0 Å². The summed E-state index contributed by atoms with van der Waals surface area (Å²) in [5, 5.41) is 2.08. The van der Waals surface area contributed by atoms with E-state index in [-0.39, 0.29) is 5.91 Å². The van der Waals surface area contributed by atoms with Crippen LogP contribution >= 0.6 is 11.1 Å². The zero-order valence-corrected chi connectivity index (χ0v) is 12.0. The van der Waals surface area contributed by atoms with E-state index >= 15 is 0 Å². The number of amides is 1. The van der Waals surface area contributed by atoms with Crippen LogP contribution in [-0.4, -0.2) is 10.2 Å². The fraction of sp³-hybridized carbons (Fsp3) is 0.118. The largest absolute Gasteiger partial charge is 0.296 e. The number of rotatable bonds is 4. The Morgan fingerprint density at radius 2 is 1.45 bits per heavy atom. The lowest BCUT2D eigenvalue weighted by Gasteiger charge is -2.28. The van der Waals surface area contributed by atoms with Gasteiger partial charge in [0.05, 0.1) is 6.54 Å². The summed E-state index contributed by atoms with van der Waals surface area (Å²) < 4.78 is 2.00. The molecule has 0 N–H and O–H groups in total. The molecule has 1 aliphatic heterocycles. The van der Waals surface area contributed by atoms with Gasteiger partial charge < -0.3 is 0 Å². The van der Waals surface area contributed by atoms with Crippen molar-refractivity contribution in [1.29, 1.82) is 0 Å². The normalized spacial score (nSPS) is 19.5. The van der Waals surface area contributed by atoms with Crippen molar-refractivity contribution in [3.8, 4) is 0 Å². The number of nitrogens with zero attached hydrogens (tertiary/aromatic N) is 1. The van der Waals surface area contributed by atoms with Crippen molar-refractivity contribution in [2.45, 2.75) is 12.3 Å². The van der Waals surface area contributed by atoms with Crippen LogP contribution in [0.3, 0.4) is 0 Å². The second kappa shape index (κ2) is 5.97. The third kappa shape index (κ3) is 2.94. The molecule has 0 bridgehead atoms. The Bertz CT molecular complexity index is 609. The summed E-state index contributed by atoms with van der Waals surface area (Å²) in [5.74, 6) is 1.07. The van der Waals surface area contributed by atoms with Gasteiger partial charge in [-0.2, -0.15) is 11.1 Å². The molecule has 0 aromatic heterocycles. The molecular formula is C17H17NOS. The second-order valence-corrected chi connectivity index (χ2v) is 6.76. The summed E-state index contributed by atoms with van der Waals surface area (Å²) in [6.07, 6.45) is 1.72. The lowest BCUT2D eigenvalue weighted by Crippen LogP contribution is -2.22. The smallest absolute Gasteiger partial charge is 0.255 e. The Morgan fingerprint density at radius 3 is 2.10 bits per heavy atom. The third-order valence-corrected chi connectivity index (χ3v) is 5.46. The monoisotopic (exact) mass is 283 g/mol. The van der Waals surface area contributed by atoms with Crippen LogP contribution in [0.25, 0.3) is 0 Å². The highest BCUT2D eigenvalue weighted by atomic mass is 32.2. The Hall–Kier alpha value is -2.00. The minimum Gasteiger partial charge on any atom is -0.296 e. The van der Waals surface area contributed by atoms with E-state index in [1.54, 1.807) is 6.08 Å². The summed E-state index contributed by atoms with van der Waals surface area (Å²) in [7, 11) is 0. The molecule has 1 unspecified atom stereocenters. The maximum Gasteiger partial charge on any atom is 0.255 e. The van der Waals surface area contributed by atoms with E-state index in [1.807, 2.05) is 40.7 Å². The van der Waals surface area contributed by atoms with Crippen LogP contribution in [-0.2, 0) is 17.1 Å². The number of hydrogen-bond acceptors (Lipinski definition) is 1. The average molecular weight is 283 g/mol. The number of carbonyl (C=O) groups is 1. The predicted octanol–water partition coefficient (Wildman–Crippen LogP) is 3.66. The number of carbonyl (C=O) groups excluding carboxylic acids is 1. The standard InChI is InChI=1S/C17H17NOS/c19-17-11-12-20(14-16-9-5-2-6-10-16)18(17)13-15-7-3-1-4-8-15/h1-12,20H,13-14H2. The minimum absolute atomic E-state index is 0.135. The molecule has 0 spiro atoms. The summed E-state index contributed by atoms with van der Waals surface area (Å²) in [6, 6.07) is 20.5. The van der Waals surface area contributed by atoms with Crippen molar-refractivity contribution < 1.29 is 4.79 Å². The van der Waals surface area contributed by atoms with Crippen molar-refractivity contribution in [3.63, 3.8) is 0 Å². The first-order valence-electron chi connectivity index (χ1n) is 6.67. The first kappa shape index (κ1) is 13.0. The minimum atomic E-state index is -0.545. The molecule has 0 fully saturated rings. The van der Waals surface area contributed by atoms with Gasteiger partial charge in [-0.3, -0.25) is 9.10 Å². The Kier molecular flexibility index (Phi) is 3.88. The first-order valence-corrected chi connectivity index (χ1v) is 8.22. The summed E-state index contributed by atoms with van der Waals surface area (Å²) in [5.41, 5.74) is 2.47. The molecule has 0 saturated heterocycles. The predicted molar refractivity (Wildman–Crippen MR) is 85.3 cm³/mol. The van der Waals surface area contributed by atoms with Gasteiger partial charge in [0.25, 0.3) is 5.91 Å². The van der Waals surface area contributed by atoms with Gasteiger partial charge >= 0.3 is 0 Å². The molecule has 1 amide bonds. The van der Waals surface area contributed by atoms with Gasteiger partial charge in [0.15, 0.2) is 0 Å². The van der Waals surface area contributed by atoms with E-state index in [0.29, 0.717) is 6.54 Å². The van der Waals surface area contributed by atoms with Crippen LogP contribution in [0.5, 0.6) is 0 Å². The van der Waals surface area contributed by atoms with Gasteiger partial charge in [-0.1, -0.05) is 60.7 Å². The highest BCUT2D eigenvalue weighted by molar-refractivity contribution is 8.17. The van der Waals surface area contributed by atoms with Gasteiger partial charge in [-0.05, 0) is 16.5 Å². The maximum absolute atomic E-state index is 12.0. The third-order valence-electron chi connectivity index (χ3n) is 3.32. The van der Waals surface area contributed by atoms with Crippen LogP contribution in [0.1, 0.15) is 11.1 Å². The Morgan fingerprint density at radius 1 is 0.850 bits per heavy atom. The van der Waals surface area contributed by atoms with Crippen molar-refractivity contribution in [1.82, 2.24) is 4.31 Å². The summed E-state index contributed by atoms with van der Waals surface area (Å²) in [4.78, 5) is 12.0. The number of thiol groups is 1. The molecule has 3 heteroatoms. The Labute approximate surface area is 122 Å². The highest BCUT2D eigenvalue weighted by Crippen LogP contribution is 2.41. The van der Waals surface area contributed by atoms with E-state index in [9.17, 15) is 4.79 Å². The topological polar surface area (TPSA) is 20.3 Å². The van der Waals surface area contributed by atoms with Crippen molar-refractivity contribution in [2.24, 2.45) is 0 Å². The fourth-order valence-corrected chi connectivity index (χ4v) is 4.26. The fourth-order valence-electron chi connectivity index (χ4n) is 2.28. The molecule has 2 aromatic carbocycles. The summed E-state index contributed by atoms with van der Waals surface area (Å²) >= 11 is -0.545. The molecule has 0 aliphatic carbocycles. The molecule has 102 valence electrons. The van der Waals surface area contributed by atoms with E-state index in [0.717, 1.165) is 5.75 Å². The molecule has 1 atom stereocenters. The van der Waals surface area contributed by atoms with Crippen LogP contribution in [0, 0.1) is 0 Å². The highest BCUT2D eigenvalue weighted by Gasteiger charge is 2.23. The molecule has 3 rings (SSSR count). The van der Waals surface area contributed by atoms with Gasteiger partial charge in [0.2, 0.25) is 0 Å². The van der Waals surface area contributed by atoms with Crippen LogP contribution < -0.4 is 0 Å². The van der Waals surface area contributed by atoms with Crippen molar-refractivity contribution >= 4 is 17.0 Å². The first-order chi connectivity index (χ1) is 9.83.